The Morgan fingerprint density at radius 1 is 0.882 bits per heavy atom. The summed E-state index contributed by atoms with van der Waals surface area (Å²) in [6.45, 7) is 5.15. The molecular formula is C26H27BrN2O5. The van der Waals surface area contributed by atoms with Gasteiger partial charge in [-0.1, -0.05) is 28.1 Å². The number of rotatable bonds is 11. The summed E-state index contributed by atoms with van der Waals surface area (Å²) in [6, 6.07) is 18.4. The number of halogens is 1. The highest BCUT2D eigenvalue weighted by Gasteiger charge is 2.11. The van der Waals surface area contributed by atoms with Gasteiger partial charge in [0.25, 0.3) is 5.91 Å². The van der Waals surface area contributed by atoms with Crippen molar-refractivity contribution >= 4 is 28.1 Å². The van der Waals surface area contributed by atoms with Crippen molar-refractivity contribution in [1.82, 2.24) is 5.43 Å². The van der Waals surface area contributed by atoms with Crippen LogP contribution in [0.1, 0.15) is 35.3 Å². The molecule has 1 N–H and O–H groups in total. The fourth-order valence-electron chi connectivity index (χ4n) is 3.05. The zero-order valence-electron chi connectivity index (χ0n) is 19.3. The molecule has 178 valence electrons. The lowest BCUT2D eigenvalue weighted by Crippen LogP contribution is -2.17. The Balaban J connectivity index is 1.63. The van der Waals surface area contributed by atoms with E-state index in [4.69, 9.17) is 18.9 Å². The molecular weight excluding hydrogens is 500 g/mol. The van der Waals surface area contributed by atoms with Crippen LogP contribution in [0.25, 0.3) is 0 Å². The van der Waals surface area contributed by atoms with Crippen LogP contribution in [0.15, 0.2) is 70.2 Å². The van der Waals surface area contributed by atoms with Crippen molar-refractivity contribution in [2.75, 3.05) is 20.3 Å². The van der Waals surface area contributed by atoms with Gasteiger partial charge in [0.15, 0.2) is 23.0 Å². The Morgan fingerprint density at radius 3 is 2.26 bits per heavy atom. The van der Waals surface area contributed by atoms with Gasteiger partial charge in [-0.25, -0.2) is 5.43 Å². The predicted octanol–water partition coefficient (Wildman–Crippen LogP) is 5.60. The van der Waals surface area contributed by atoms with Gasteiger partial charge in [0.05, 0.1) is 26.5 Å². The number of hydrogen-bond donors (Lipinski definition) is 1. The lowest BCUT2D eigenvalue weighted by molar-refractivity contribution is 0.0954. The molecule has 0 aliphatic rings. The van der Waals surface area contributed by atoms with Crippen LogP contribution < -0.4 is 24.4 Å². The maximum absolute atomic E-state index is 12.5. The molecule has 0 radical (unpaired) electrons. The Hall–Kier alpha value is -3.52. The average Bonchev–Trinajstić information content (AvgIpc) is 2.85. The fourth-order valence-corrected chi connectivity index (χ4v) is 3.31. The first-order chi connectivity index (χ1) is 16.5. The van der Waals surface area contributed by atoms with Gasteiger partial charge in [0.2, 0.25) is 0 Å². The Kier molecular flexibility index (Phi) is 9.34. The molecule has 0 aliphatic heterocycles. The first-order valence-electron chi connectivity index (χ1n) is 10.8. The molecule has 0 fully saturated rings. The van der Waals surface area contributed by atoms with Gasteiger partial charge in [-0.3, -0.25) is 4.79 Å². The molecule has 0 saturated carbocycles. The normalized spacial score (nSPS) is 10.7. The van der Waals surface area contributed by atoms with E-state index < -0.39 is 0 Å². The van der Waals surface area contributed by atoms with Crippen molar-refractivity contribution in [3.8, 4) is 23.0 Å². The molecule has 3 aromatic rings. The highest BCUT2D eigenvalue weighted by atomic mass is 79.9. The second-order valence-electron chi connectivity index (χ2n) is 7.05. The molecule has 3 rings (SSSR count). The van der Waals surface area contributed by atoms with Crippen LogP contribution in [0.5, 0.6) is 23.0 Å². The van der Waals surface area contributed by atoms with Crippen LogP contribution >= 0.6 is 15.9 Å². The molecule has 0 bridgehead atoms. The monoisotopic (exact) mass is 526 g/mol. The van der Waals surface area contributed by atoms with Gasteiger partial charge in [0.1, 0.15) is 6.61 Å². The molecule has 7 nitrogen and oxygen atoms in total. The van der Waals surface area contributed by atoms with E-state index in [1.165, 1.54) is 6.21 Å². The third-order valence-corrected chi connectivity index (χ3v) is 5.21. The van der Waals surface area contributed by atoms with E-state index in [-0.39, 0.29) is 5.91 Å². The minimum absolute atomic E-state index is 0.360. The number of carbonyl (C=O) groups excluding carboxylic acids is 1. The molecule has 8 heteroatoms. The van der Waals surface area contributed by atoms with Crippen LogP contribution in [-0.4, -0.2) is 32.4 Å². The van der Waals surface area contributed by atoms with Crippen molar-refractivity contribution in [3.63, 3.8) is 0 Å². The zero-order chi connectivity index (χ0) is 24.3. The molecule has 0 heterocycles. The smallest absolute Gasteiger partial charge is 0.271 e. The van der Waals surface area contributed by atoms with Gasteiger partial charge in [-0.05, 0) is 73.5 Å². The molecule has 0 aliphatic carbocycles. The maximum atomic E-state index is 12.5. The summed E-state index contributed by atoms with van der Waals surface area (Å²) in [6.07, 6.45) is 1.54. The summed E-state index contributed by atoms with van der Waals surface area (Å²) in [4.78, 5) is 12.5. The summed E-state index contributed by atoms with van der Waals surface area (Å²) in [5, 5.41) is 4.06. The molecule has 34 heavy (non-hydrogen) atoms. The standard InChI is InChI=1S/C26H27BrN2O5/c1-4-32-23-13-9-20(15-25(23)33-5-2)26(30)29-28-16-19-8-12-22(24(14-19)31-3)34-17-18-6-10-21(27)11-7-18/h6-16H,4-5,17H2,1-3H3,(H,29,30)/b28-16+. The van der Waals surface area contributed by atoms with Crippen molar-refractivity contribution in [2.24, 2.45) is 5.10 Å². The molecule has 3 aromatic carbocycles. The van der Waals surface area contributed by atoms with E-state index in [0.29, 0.717) is 48.4 Å². The van der Waals surface area contributed by atoms with Gasteiger partial charge in [-0.2, -0.15) is 5.10 Å². The highest BCUT2D eigenvalue weighted by Crippen LogP contribution is 2.29. The van der Waals surface area contributed by atoms with Gasteiger partial charge in [-0.15, -0.1) is 0 Å². The summed E-state index contributed by atoms with van der Waals surface area (Å²) < 4.78 is 23.5. The molecule has 0 aromatic heterocycles. The molecule has 0 spiro atoms. The molecule has 1 amide bonds. The van der Waals surface area contributed by atoms with E-state index in [9.17, 15) is 4.79 Å². The van der Waals surface area contributed by atoms with Crippen LogP contribution in [0, 0.1) is 0 Å². The van der Waals surface area contributed by atoms with Gasteiger partial charge >= 0.3 is 0 Å². The number of carbonyl (C=O) groups is 1. The summed E-state index contributed by atoms with van der Waals surface area (Å²) in [5.41, 5.74) is 4.73. The van der Waals surface area contributed by atoms with E-state index in [1.807, 2.05) is 50.2 Å². The van der Waals surface area contributed by atoms with Crippen LogP contribution in [0.4, 0.5) is 0 Å². The second-order valence-corrected chi connectivity index (χ2v) is 7.97. The topological polar surface area (TPSA) is 78.4 Å². The molecule has 0 saturated heterocycles. The zero-order valence-corrected chi connectivity index (χ0v) is 20.9. The summed E-state index contributed by atoms with van der Waals surface area (Å²) in [7, 11) is 1.58. The van der Waals surface area contributed by atoms with E-state index in [1.54, 1.807) is 31.4 Å². The maximum Gasteiger partial charge on any atom is 0.271 e. The summed E-state index contributed by atoms with van der Waals surface area (Å²) in [5.74, 6) is 1.94. The number of ether oxygens (including phenoxy) is 4. The fraction of sp³-hybridized carbons (Fsp3) is 0.231. The number of amides is 1. The first-order valence-corrected chi connectivity index (χ1v) is 11.6. The number of nitrogens with zero attached hydrogens (tertiary/aromatic N) is 1. The lowest BCUT2D eigenvalue weighted by Gasteiger charge is -2.12. The number of methoxy groups -OCH3 is 1. The Labute approximate surface area is 207 Å². The van der Waals surface area contributed by atoms with E-state index in [0.717, 1.165) is 15.6 Å². The lowest BCUT2D eigenvalue weighted by atomic mass is 10.2. The third-order valence-electron chi connectivity index (χ3n) is 4.68. The first kappa shape index (κ1) is 25.1. The second kappa shape index (κ2) is 12.6. The Bertz CT molecular complexity index is 1130. The SMILES string of the molecule is CCOc1ccc(C(=O)N/N=C/c2ccc(OCc3ccc(Br)cc3)c(OC)c2)cc1OCC. The van der Waals surface area contributed by atoms with E-state index >= 15 is 0 Å². The minimum Gasteiger partial charge on any atom is -0.493 e. The third kappa shape index (κ3) is 6.99. The summed E-state index contributed by atoms with van der Waals surface area (Å²) >= 11 is 3.42. The molecule has 0 atom stereocenters. The predicted molar refractivity (Wildman–Crippen MR) is 135 cm³/mol. The number of hydrazone groups is 1. The van der Waals surface area contributed by atoms with Gasteiger partial charge < -0.3 is 18.9 Å². The largest absolute Gasteiger partial charge is 0.493 e. The van der Waals surface area contributed by atoms with Crippen LogP contribution in [0.2, 0.25) is 0 Å². The Morgan fingerprint density at radius 2 is 1.56 bits per heavy atom. The van der Waals surface area contributed by atoms with Crippen molar-refractivity contribution in [1.29, 1.82) is 0 Å². The minimum atomic E-state index is -0.360. The highest BCUT2D eigenvalue weighted by molar-refractivity contribution is 9.10. The average molecular weight is 527 g/mol. The van der Waals surface area contributed by atoms with E-state index in [2.05, 4.69) is 26.5 Å². The molecule has 0 unspecified atom stereocenters. The van der Waals surface area contributed by atoms with Crippen LogP contribution in [-0.2, 0) is 6.61 Å². The number of hydrogen-bond acceptors (Lipinski definition) is 6. The van der Waals surface area contributed by atoms with Crippen molar-refractivity contribution < 1.29 is 23.7 Å². The quantitative estimate of drug-likeness (QED) is 0.260. The number of benzene rings is 3. The van der Waals surface area contributed by atoms with Crippen molar-refractivity contribution in [2.45, 2.75) is 20.5 Å². The number of nitrogens with one attached hydrogen (secondary N) is 1. The van der Waals surface area contributed by atoms with Crippen LogP contribution in [0.3, 0.4) is 0 Å². The van der Waals surface area contributed by atoms with Gasteiger partial charge in [0, 0.05) is 10.0 Å². The van der Waals surface area contributed by atoms with Crippen molar-refractivity contribution in [3.05, 3.63) is 81.8 Å².